The van der Waals surface area contributed by atoms with Crippen LogP contribution in [0.1, 0.15) is 51.5 Å². The third kappa shape index (κ3) is 4.94. The normalized spacial score (nSPS) is 11.4. The SMILES string of the molecule is CCCC(C)(C)c1cccc(-c2nc(CCC(=O)OC)oc2-c2ccccc2)c1. The van der Waals surface area contributed by atoms with E-state index in [0.29, 0.717) is 12.3 Å². The molecular weight excluding hydrogens is 362 g/mol. The van der Waals surface area contributed by atoms with Gasteiger partial charge in [0.25, 0.3) is 0 Å². The van der Waals surface area contributed by atoms with Gasteiger partial charge in [0.05, 0.1) is 13.5 Å². The van der Waals surface area contributed by atoms with Crippen molar-refractivity contribution in [1.29, 1.82) is 0 Å². The first-order chi connectivity index (χ1) is 13.9. The molecule has 4 heteroatoms. The lowest BCUT2D eigenvalue weighted by molar-refractivity contribution is -0.140. The summed E-state index contributed by atoms with van der Waals surface area (Å²) in [6, 6.07) is 18.5. The van der Waals surface area contributed by atoms with E-state index in [-0.39, 0.29) is 17.8 Å². The molecule has 1 aromatic heterocycles. The van der Waals surface area contributed by atoms with Crippen LogP contribution in [-0.4, -0.2) is 18.1 Å². The molecule has 0 N–H and O–H groups in total. The van der Waals surface area contributed by atoms with E-state index in [2.05, 4.69) is 45.0 Å². The molecule has 1 heterocycles. The fraction of sp³-hybridized carbons (Fsp3) is 0.360. The molecule has 0 unspecified atom stereocenters. The zero-order valence-corrected chi connectivity index (χ0v) is 17.7. The molecule has 0 amide bonds. The molecule has 0 aliphatic rings. The van der Waals surface area contributed by atoms with Gasteiger partial charge in [0.1, 0.15) is 5.69 Å². The molecule has 0 spiro atoms. The minimum absolute atomic E-state index is 0.0924. The molecule has 0 fully saturated rings. The zero-order valence-electron chi connectivity index (χ0n) is 17.7. The van der Waals surface area contributed by atoms with Crippen LogP contribution in [0.25, 0.3) is 22.6 Å². The van der Waals surface area contributed by atoms with Crippen LogP contribution in [0.5, 0.6) is 0 Å². The van der Waals surface area contributed by atoms with Gasteiger partial charge in [-0.25, -0.2) is 4.98 Å². The number of benzene rings is 2. The average Bonchev–Trinajstić information content (AvgIpc) is 3.17. The van der Waals surface area contributed by atoms with E-state index in [1.807, 2.05) is 30.3 Å². The highest BCUT2D eigenvalue weighted by atomic mass is 16.5. The first-order valence-corrected chi connectivity index (χ1v) is 10.2. The van der Waals surface area contributed by atoms with Gasteiger partial charge in [-0.3, -0.25) is 4.79 Å². The fourth-order valence-electron chi connectivity index (χ4n) is 3.62. The maximum absolute atomic E-state index is 11.5. The second kappa shape index (κ2) is 9.08. The summed E-state index contributed by atoms with van der Waals surface area (Å²) >= 11 is 0. The van der Waals surface area contributed by atoms with E-state index in [1.165, 1.54) is 12.7 Å². The van der Waals surface area contributed by atoms with Crippen molar-refractivity contribution in [3.63, 3.8) is 0 Å². The zero-order chi connectivity index (χ0) is 20.9. The van der Waals surface area contributed by atoms with Crippen molar-refractivity contribution in [3.05, 3.63) is 66.1 Å². The quantitative estimate of drug-likeness (QED) is 0.430. The van der Waals surface area contributed by atoms with Gasteiger partial charge in [-0.15, -0.1) is 0 Å². The van der Waals surface area contributed by atoms with Crippen molar-refractivity contribution < 1.29 is 13.9 Å². The molecular formula is C25H29NO3. The minimum Gasteiger partial charge on any atom is -0.469 e. The minimum atomic E-state index is -0.269. The van der Waals surface area contributed by atoms with E-state index >= 15 is 0 Å². The van der Waals surface area contributed by atoms with Crippen LogP contribution in [0.2, 0.25) is 0 Å². The largest absolute Gasteiger partial charge is 0.469 e. The van der Waals surface area contributed by atoms with E-state index in [9.17, 15) is 4.79 Å². The Balaban J connectivity index is 2.03. The second-order valence-electron chi connectivity index (χ2n) is 7.94. The molecule has 0 bridgehead atoms. The summed E-state index contributed by atoms with van der Waals surface area (Å²) in [5.41, 5.74) is 4.19. The van der Waals surface area contributed by atoms with Crippen molar-refractivity contribution in [3.8, 4) is 22.6 Å². The number of methoxy groups -OCH3 is 1. The number of aromatic nitrogens is 1. The van der Waals surface area contributed by atoms with Gasteiger partial charge < -0.3 is 9.15 Å². The molecule has 0 aliphatic heterocycles. The second-order valence-corrected chi connectivity index (χ2v) is 7.94. The number of aryl methyl sites for hydroxylation is 1. The number of hydrogen-bond acceptors (Lipinski definition) is 4. The van der Waals surface area contributed by atoms with E-state index in [1.54, 1.807) is 0 Å². The third-order valence-corrected chi connectivity index (χ3v) is 5.27. The first kappa shape index (κ1) is 20.8. The molecule has 3 rings (SSSR count). The Labute approximate surface area is 172 Å². The van der Waals surface area contributed by atoms with Crippen LogP contribution in [-0.2, 0) is 21.4 Å². The molecule has 3 aromatic rings. The summed E-state index contributed by atoms with van der Waals surface area (Å²) < 4.78 is 10.9. The molecule has 4 nitrogen and oxygen atoms in total. The lowest BCUT2D eigenvalue weighted by Crippen LogP contribution is -2.16. The topological polar surface area (TPSA) is 52.3 Å². The molecule has 0 aliphatic carbocycles. The maximum Gasteiger partial charge on any atom is 0.306 e. The van der Waals surface area contributed by atoms with Crippen molar-refractivity contribution in [2.24, 2.45) is 0 Å². The highest BCUT2D eigenvalue weighted by Gasteiger charge is 2.22. The summed E-state index contributed by atoms with van der Waals surface area (Å²) in [5, 5.41) is 0. The van der Waals surface area contributed by atoms with Crippen molar-refractivity contribution in [1.82, 2.24) is 4.98 Å². The van der Waals surface area contributed by atoms with Gasteiger partial charge in [-0.05, 0) is 23.5 Å². The predicted octanol–water partition coefficient (Wildman–Crippen LogP) is 6.19. The number of nitrogens with zero attached hydrogens (tertiary/aromatic N) is 1. The number of oxazole rings is 1. The number of hydrogen-bond donors (Lipinski definition) is 0. The monoisotopic (exact) mass is 391 g/mol. The van der Waals surface area contributed by atoms with Crippen LogP contribution >= 0.6 is 0 Å². The highest BCUT2D eigenvalue weighted by molar-refractivity contribution is 5.77. The van der Waals surface area contributed by atoms with Gasteiger partial charge >= 0.3 is 5.97 Å². The summed E-state index contributed by atoms with van der Waals surface area (Å²) in [6.45, 7) is 6.76. The number of ether oxygens (including phenoxy) is 1. The number of rotatable bonds is 8. The molecule has 0 radical (unpaired) electrons. The molecule has 0 saturated carbocycles. The molecule has 0 atom stereocenters. The average molecular weight is 392 g/mol. The van der Waals surface area contributed by atoms with Gasteiger partial charge in [0, 0.05) is 17.5 Å². The third-order valence-electron chi connectivity index (χ3n) is 5.27. The smallest absolute Gasteiger partial charge is 0.306 e. The lowest BCUT2D eigenvalue weighted by Gasteiger charge is -2.25. The van der Waals surface area contributed by atoms with E-state index in [0.717, 1.165) is 35.4 Å². The standard InChI is InChI=1S/C25H29NO3/c1-5-16-25(2,3)20-13-9-12-19(17-20)23-24(18-10-7-6-8-11-18)29-21(26-23)14-15-22(27)28-4/h6-13,17H,5,14-16H2,1-4H3. The summed E-state index contributed by atoms with van der Waals surface area (Å²) in [7, 11) is 1.39. The molecule has 152 valence electrons. The van der Waals surface area contributed by atoms with Gasteiger partial charge in [-0.1, -0.05) is 75.7 Å². The van der Waals surface area contributed by atoms with Crippen LogP contribution in [0.15, 0.2) is 59.0 Å². The number of esters is 1. The Morgan fingerprint density at radius 3 is 2.48 bits per heavy atom. The van der Waals surface area contributed by atoms with E-state index in [4.69, 9.17) is 14.1 Å². The van der Waals surface area contributed by atoms with Crippen LogP contribution < -0.4 is 0 Å². The van der Waals surface area contributed by atoms with Crippen molar-refractivity contribution in [2.75, 3.05) is 7.11 Å². The predicted molar refractivity (Wildman–Crippen MR) is 116 cm³/mol. The highest BCUT2D eigenvalue weighted by Crippen LogP contribution is 2.36. The molecule has 29 heavy (non-hydrogen) atoms. The Kier molecular flexibility index (Phi) is 6.53. The number of carbonyl (C=O) groups is 1. The summed E-state index contributed by atoms with van der Waals surface area (Å²) in [4.78, 5) is 16.3. The van der Waals surface area contributed by atoms with Crippen molar-refractivity contribution >= 4 is 5.97 Å². The Morgan fingerprint density at radius 2 is 1.79 bits per heavy atom. The summed E-state index contributed by atoms with van der Waals surface area (Å²) in [6.07, 6.45) is 2.90. The Bertz CT molecular complexity index is 957. The Morgan fingerprint density at radius 1 is 1.07 bits per heavy atom. The van der Waals surface area contributed by atoms with Crippen LogP contribution in [0, 0.1) is 0 Å². The van der Waals surface area contributed by atoms with Crippen LogP contribution in [0.3, 0.4) is 0 Å². The Hall–Kier alpha value is -2.88. The van der Waals surface area contributed by atoms with Crippen molar-refractivity contribution in [2.45, 2.75) is 51.9 Å². The lowest BCUT2D eigenvalue weighted by atomic mass is 9.80. The fourth-order valence-corrected chi connectivity index (χ4v) is 3.62. The van der Waals surface area contributed by atoms with Crippen LogP contribution in [0.4, 0.5) is 0 Å². The number of carbonyl (C=O) groups excluding carboxylic acids is 1. The molecule has 2 aromatic carbocycles. The summed E-state index contributed by atoms with van der Waals surface area (Å²) in [5.74, 6) is 1.01. The first-order valence-electron chi connectivity index (χ1n) is 10.2. The van der Waals surface area contributed by atoms with Gasteiger partial charge in [0.15, 0.2) is 11.7 Å². The van der Waals surface area contributed by atoms with Gasteiger partial charge in [-0.2, -0.15) is 0 Å². The van der Waals surface area contributed by atoms with E-state index < -0.39 is 0 Å². The van der Waals surface area contributed by atoms with Gasteiger partial charge in [0.2, 0.25) is 0 Å². The maximum atomic E-state index is 11.5. The molecule has 0 saturated heterocycles.